The average Bonchev–Trinajstić information content (AvgIpc) is 2.75. The van der Waals surface area contributed by atoms with E-state index in [0.29, 0.717) is 18.9 Å². The van der Waals surface area contributed by atoms with Crippen molar-refractivity contribution in [2.45, 2.75) is 19.5 Å². The van der Waals surface area contributed by atoms with E-state index in [1.165, 1.54) is 16.9 Å². The summed E-state index contributed by atoms with van der Waals surface area (Å²) in [5.74, 6) is 0.450. The first kappa shape index (κ1) is 14.2. The van der Waals surface area contributed by atoms with Gasteiger partial charge in [-0.15, -0.1) is 11.3 Å². The van der Waals surface area contributed by atoms with Gasteiger partial charge in [0.15, 0.2) is 0 Å². The molecule has 0 aliphatic heterocycles. The number of rotatable bonds is 5. The lowest BCUT2D eigenvalue weighted by atomic mass is 10.4. The molecular formula is C12H14BrN3O2S. The minimum Gasteiger partial charge on any atom is -0.490 e. The number of aromatic nitrogens is 2. The van der Waals surface area contributed by atoms with Gasteiger partial charge >= 0.3 is 0 Å². The Labute approximate surface area is 123 Å². The Hall–Kier alpha value is -1.18. The Kier molecular flexibility index (Phi) is 4.73. The van der Waals surface area contributed by atoms with Crippen LogP contribution in [-0.2, 0) is 6.54 Å². The quantitative estimate of drug-likeness (QED) is 0.899. The van der Waals surface area contributed by atoms with Crippen LogP contribution in [-0.4, -0.2) is 22.4 Å². The molecule has 0 amide bonds. The third-order valence-electron chi connectivity index (χ3n) is 2.28. The van der Waals surface area contributed by atoms with E-state index in [2.05, 4.69) is 21.0 Å². The van der Waals surface area contributed by atoms with E-state index in [1.807, 2.05) is 18.4 Å². The van der Waals surface area contributed by atoms with Crippen molar-refractivity contribution >= 4 is 27.3 Å². The highest BCUT2D eigenvalue weighted by atomic mass is 79.9. The van der Waals surface area contributed by atoms with Crippen LogP contribution in [0.25, 0.3) is 0 Å². The molecule has 2 N–H and O–H groups in total. The monoisotopic (exact) mass is 343 g/mol. The second-order valence-electron chi connectivity index (χ2n) is 4.21. The molecule has 0 radical (unpaired) electrons. The Morgan fingerprint density at radius 3 is 2.95 bits per heavy atom. The van der Waals surface area contributed by atoms with Gasteiger partial charge in [-0.2, -0.15) is 5.10 Å². The summed E-state index contributed by atoms with van der Waals surface area (Å²) in [7, 11) is 0. The molecule has 102 valence electrons. The van der Waals surface area contributed by atoms with Crippen LogP contribution in [0.3, 0.4) is 0 Å². The van der Waals surface area contributed by atoms with Crippen LogP contribution in [0.5, 0.6) is 5.75 Å². The van der Waals surface area contributed by atoms with Gasteiger partial charge in [-0.25, -0.2) is 4.68 Å². The number of thiophene rings is 1. The number of hydrogen-bond acceptors (Lipinski definition) is 5. The summed E-state index contributed by atoms with van der Waals surface area (Å²) in [5, 5.41) is 6.06. The van der Waals surface area contributed by atoms with Crippen LogP contribution in [0.1, 0.15) is 11.8 Å². The molecule has 0 aliphatic rings. The number of hydrogen-bond donors (Lipinski definition) is 1. The predicted molar refractivity (Wildman–Crippen MR) is 78.8 cm³/mol. The zero-order valence-electron chi connectivity index (χ0n) is 10.4. The maximum atomic E-state index is 11.9. The Morgan fingerprint density at radius 1 is 1.58 bits per heavy atom. The second-order valence-corrected chi connectivity index (χ2v) is 6.12. The van der Waals surface area contributed by atoms with Crippen molar-refractivity contribution in [1.82, 2.24) is 9.78 Å². The van der Waals surface area contributed by atoms with Gasteiger partial charge in [0.1, 0.15) is 12.4 Å². The molecule has 1 atom stereocenters. The molecule has 0 saturated carbocycles. The summed E-state index contributed by atoms with van der Waals surface area (Å²) >= 11 is 4.96. The maximum absolute atomic E-state index is 11.9. The summed E-state index contributed by atoms with van der Waals surface area (Å²) in [6.45, 7) is 2.66. The molecule has 0 saturated heterocycles. The fourth-order valence-corrected chi connectivity index (χ4v) is 2.86. The van der Waals surface area contributed by atoms with E-state index in [-0.39, 0.29) is 11.6 Å². The third kappa shape index (κ3) is 4.15. The zero-order chi connectivity index (χ0) is 13.8. The predicted octanol–water partition coefficient (Wildman–Crippen LogP) is 1.84. The standard InChI is InChI=1S/C12H14BrN3O2S/c1-8(14)6-18-10-3-12(17)16(15-4-10)5-11-2-9(13)7-19-11/h2-4,7-8H,5-6,14H2,1H3. The van der Waals surface area contributed by atoms with E-state index < -0.39 is 0 Å². The van der Waals surface area contributed by atoms with Crippen LogP contribution < -0.4 is 16.0 Å². The molecule has 5 nitrogen and oxygen atoms in total. The van der Waals surface area contributed by atoms with Crippen molar-refractivity contribution in [2.24, 2.45) is 5.73 Å². The van der Waals surface area contributed by atoms with Crippen molar-refractivity contribution in [1.29, 1.82) is 0 Å². The van der Waals surface area contributed by atoms with E-state index in [4.69, 9.17) is 10.5 Å². The number of nitrogens with two attached hydrogens (primary N) is 1. The first-order valence-corrected chi connectivity index (χ1v) is 7.40. The lowest BCUT2D eigenvalue weighted by Crippen LogP contribution is -2.26. The fourth-order valence-electron chi connectivity index (χ4n) is 1.43. The molecule has 2 heterocycles. The van der Waals surface area contributed by atoms with Crippen LogP contribution in [0, 0.1) is 0 Å². The summed E-state index contributed by atoms with van der Waals surface area (Å²) in [4.78, 5) is 12.9. The fraction of sp³-hybridized carbons (Fsp3) is 0.333. The van der Waals surface area contributed by atoms with Crippen molar-refractivity contribution in [3.8, 4) is 5.75 Å². The van der Waals surface area contributed by atoms with Gasteiger partial charge in [0.25, 0.3) is 5.56 Å². The van der Waals surface area contributed by atoms with Gasteiger partial charge < -0.3 is 10.5 Å². The van der Waals surface area contributed by atoms with Gasteiger partial charge in [0, 0.05) is 26.8 Å². The minimum absolute atomic E-state index is 0.0779. The molecule has 0 spiro atoms. The summed E-state index contributed by atoms with van der Waals surface area (Å²) in [6.07, 6.45) is 1.53. The molecule has 2 aromatic rings. The summed E-state index contributed by atoms with van der Waals surface area (Å²) in [6, 6.07) is 3.32. The molecular weight excluding hydrogens is 330 g/mol. The largest absolute Gasteiger partial charge is 0.490 e. The van der Waals surface area contributed by atoms with Gasteiger partial charge in [0.2, 0.25) is 0 Å². The summed E-state index contributed by atoms with van der Waals surface area (Å²) in [5.41, 5.74) is 5.39. The average molecular weight is 344 g/mol. The number of nitrogens with zero attached hydrogens (tertiary/aromatic N) is 2. The van der Waals surface area contributed by atoms with Crippen molar-refractivity contribution in [3.05, 3.63) is 43.4 Å². The van der Waals surface area contributed by atoms with Crippen molar-refractivity contribution < 1.29 is 4.74 Å². The Morgan fingerprint density at radius 2 is 2.37 bits per heavy atom. The van der Waals surface area contributed by atoms with Crippen LogP contribution in [0.4, 0.5) is 0 Å². The molecule has 1 unspecified atom stereocenters. The van der Waals surface area contributed by atoms with Crippen molar-refractivity contribution in [2.75, 3.05) is 6.61 Å². The molecule has 0 aromatic carbocycles. The molecule has 2 rings (SSSR count). The molecule has 0 fully saturated rings. The van der Waals surface area contributed by atoms with Gasteiger partial charge in [-0.05, 0) is 28.9 Å². The maximum Gasteiger partial charge on any atom is 0.270 e. The first-order valence-electron chi connectivity index (χ1n) is 5.73. The zero-order valence-corrected chi connectivity index (χ0v) is 12.8. The topological polar surface area (TPSA) is 70.1 Å². The number of halogens is 1. The van der Waals surface area contributed by atoms with E-state index in [1.54, 1.807) is 11.3 Å². The van der Waals surface area contributed by atoms with Gasteiger partial charge in [0.05, 0.1) is 12.7 Å². The third-order valence-corrected chi connectivity index (χ3v) is 3.97. The van der Waals surface area contributed by atoms with Crippen LogP contribution in [0.2, 0.25) is 0 Å². The molecule has 19 heavy (non-hydrogen) atoms. The molecule has 0 bridgehead atoms. The van der Waals surface area contributed by atoms with Gasteiger partial charge in [-0.3, -0.25) is 4.79 Å². The normalized spacial score (nSPS) is 12.4. The molecule has 7 heteroatoms. The highest BCUT2D eigenvalue weighted by molar-refractivity contribution is 9.10. The van der Waals surface area contributed by atoms with E-state index in [0.717, 1.165) is 9.35 Å². The summed E-state index contributed by atoms with van der Waals surface area (Å²) < 4.78 is 7.76. The van der Waals surface area contributed by atoms with E-state index >= 15 is 0 Å². The highest BCUT2D eigenvalue weighted by Gasteiger charge is 2.05. The molecule has 2 aromatic heterocycles. The minimum atomic E-state index is -0.188. The first-order chi connectivity index (χ1) is 9.04. The van der Waals surface area contributed by atoms with E-state index in [9.17, 15) is 4.79 Å². The SMILES string of the molecule is CC(N)COc1cnn(Cc2cc(Br)cs2)c(=O)c1. The van der Waals surface area contributed by atoms with Crippen LogP contribution >= 0.6 is 27.3 Å². The van der Waals surface area contributed by atoms with Gasteiger partial charge in [-0.1, -0.05) is 0 Å². The second kappa shape index (κ2) is 6.31. The Balaban J connectivity index is 2.09. The lowest BCUT2D eigenvalue weighted by Gasteiger charge is -2.09. The molecule has 0 aliphatic carbocycles. The highest BCUT2D eigenvalue weighted by Crippen LogP contribution is 2.20. The lowest BCUT2D eigenvalue weighted by molar-refractivity contribution is 0.293. The Bertz CT molecular complexity index is 609. The van der Waals surface area contributed by atoms with Crippen LogP contribution in [0.15, 0.2) is 33.0 Å². The number of ether oxygens (including phenoxy) is 1. The smallest absolute Gasteiger partial charge is 0.270 e. The van der Waals surface area contributed by atoms with Crippen molar-refractivity contribution in [3.63, 3.8) is 0 Å².